The van der Waals surface area contributed by atoms with Crippen molar-refractivity contribution in [1.29, 1.82) is 0 Å². The Balaban J connectivity index is 1.76. The first-order valence-corrected chi connectivity index (χ1v) is 8.18. The lowest BCUT2D eigenvalue weighted by Crippen LogP contribution is -2.50. The highest BCUT2D eigenvalue weighted by atomic mass is 16.3. The fraction of sp³-hybridized carbons (Fsp3) is 0.667. The van der Waals surface area contributed by atoms with Gasteiger partial charge < -0.3 is 15.3 Å². The minimum absolute atomic E-state index is 0.116. The zero-order valence-corrected chi connectivity index (χ0v) is 12.5. The average Bonchev–Trinajstić information content (AvgIpc) is 2.74. The fourth-order valence-electron chi connectivity index (χ4n) is 5.62. The summed E-state index contributed by atoms with van der Waals surface area (Å²) in [6.07, 6.45) is 4.04. The molecule has 4 rings (SSSR count). The molecule has 21 heavy (non-hydrogen) atoms. The molecule has 3 nitrogen and oxygen atoms in total. The highest BCUT2D eigenvalue weighted by Crippen LogP contribution is 2.60. The molecule has 3 heteroatoms. The second-order valence-corrected chi connectivity index (χ2v) is 7.59. The van der Waals surface area contributed by atoms with Crippen molar-refractivity contribution in [3.8, 4) is 5.75 Å². The van der Waals surface area contributed by atoms with E-state index >= 15 is 0 Å². The molecule has 3 aliphatic carbocycles. The van der Waals surface area contributed by atoms with E-state index < -0.39 is 0 Å². The van der Waals surface area contributed by atoms with Crippen molar-refractivity contribution in [3.63, 3.8) is 0 Å². The number of aromatic hydroxyl groups is 1. The van der Waals surface area contributed by atoms with Gasteiger partial charge in [0, 0.05) is 5.92 Å². The first-order chi connectivity index (χ1) is 10.0. The Morgan fingerprint density at radius 1 is 1.14 bits per heavy atom. The third kappa shape index (κ3) is 1.80. The standard InChI is InChI=1S/C18H24O3/c1-18-9-15(20)17-12-5-3-11(19)8-10(12)2-4-13(17)14(18)6-7-16(18)21/h3,5,8,13-17,19-21H,2,4,6-7,9H2,1H3/t13?,14?,15?,16?,17?,18-/m0/s1. The van der Waals surface area contributed by atoms with Crippen LogP contribution in [-0.4, -0.2) is 27.5 Å². The molecule has 0 amide bonds. The van der Waals surface area contributed by atoms with Gasteiger partial charge in [-0.1, -0.05) is 13.0 Å². The zero-order valence-electron chi connectivity index (χ0n) is 12.5. The zero-order chi connectivity index (χ0) is 14.8. The van der Waals surface area contributed by atoms with Crippen molar-refractivity contribution in [2.75, 3.05) is 0 Å². The molecule has 0 saturated heterocycles. The Hall–Kier alpha value is -1.06. The van der Waals surface area contributed by atoms with Gasteiger partial charge in [-0.05, 0) is 72.6 Å². The van der Waals surface area contributed by atoms with Gasteiger partial charge in [0.15, 0.2) is 0 Å². The Labute approximate surface area is 125 Å². The Bertz CT molecular complexity index is 570. The van der Waals surface area contributed by atoms with Crippen molar-refractivity contribution in [1.82, 2.24) is 0 Å². The van der Waals surface area contributed by atoms with Gasteiger partial charge >= 0.3 is 0 Å². The third-order valence-corrected chi connectivity index (χ3v) is 6.63. The molecule has 0 spiro atoms. The minimum Gasteiger partial charge on any atom is -0.508 e. The van der Waals surface area contributed by atoms with E-state index in [1.54, 1.807) is 6.07 Å². The largest absolute Gasteiger partial charge is 0.508 e. The molecule has 0 heterocycles. The van der Waals surface area contributed by atoms with Gasteiger partial charge in [0.25, 0.3) is 0 Å². The first kappa shape index (κ1) is 13.6. The lowest BCUT2D eigenvalue weighted by molar-refractivity contribution is -0.0798. The Kier molecular flexibility index (Phi) is 2.89. The number of aryl methyl sites for hydroxylation is 1. The van der Waals surface area contributed by atoms with E-state index in [0.29, 0.717) is 24.0 Å². The highest BCUT2D eigenvalue weighted by molar-refractivity contribution is 5.40. The fourth-order valence-corrected chi connectivity index (χ4v) is 5.62. The monoisotopic (exact) mass is 288 g/mol. The van der Waals surface area contributed by atoms with Gasteiger partial charge in [-0.15, -0.1) is 0 Å². The van der Waals surface area contributed by atoms with Crippen molar-refractivity contribution in [2.45, 2.75) is 57.2 Å². The lowest BCUT2D eigenvalue weighted by Gasteiger charge is -2.52. The lowest BCUT2D eigenvalue weighted by atomic mass is 9.54. The summed E-state index contributed by atoms with van der Waals surface area (Å²) in [5, 5.41) is 30.8. The number of fused-ring (bicyclic) bond motifs is 5. The SMILES string of the molecule is C[C@]12CC(O)C3c4ccc(O)cc4CCC3C1CCC2O. The van der Waals surface area contributed by atoms with Crippen molar-refractivity contribution < 1.29 is 15.3 Å². The predicted molar refractivity (Wildman–Crippen MR) is 80.1 cm³/mol. The van der Waals surface area contributed by atoms with E-state index in [9.17, 15) is 15.3 Å². The van der Waals surface area contributed by atoms with Crippen LogP contribution in [0.2, 0.25) is 0 Å². The summed E-state index contributed by atoms with van der Waals surface area (Å²) < 4.78 is 0. The molecule has 3 aliphatic rings. The number of aliphatic hydroxyl groups is 2. The smallest absolute Gasteiger partial charge is 0.115 e. The molecule has 0 radical (unpaired) electrons. The van der Waals surface area contributed by atoms with Crippen molar-refractivity contribution >= 4 is 0 Å². The molecule has 3 N–H and O–H groups in total. The van der Waals surface area contributed by atoms with Gasteiger partial charge in [-0.25, -0.2) is 0 Å². The molecule has 2 fully saturated rings. The maximum atomic E-state index is 10.8. The van der Waals surface area contributed by atoms with E-state index in [4.69, 9.17) is 0 Å². The minimum atomic E-state index is -0.382. The van der Waals surface area contributed by atoms with E-state index in [-0.39, 0.29) is 23.5 Å². The van der Waals surface area contributed by atoms with Crippen LogP contribution in [0.5, 0.6) is 5.75 Å². The first-order valence-electron chi connectivity index (χ1n) is 8.18. The normalized spacial score (nSPS) is 44.8. The molecule has 0 bridgehead atoms. The Morgan fingerprint density at radius 3 is 2.76 bits per heavy atom. The van der Waals surface area contributed by atoms with E-state index in [0.717, 1.165) is 25.7 Å². The number of benzene rings is 1. The second-order valence-electron chi connectivity index (χ2n) is 7.59. The van der Waals surface area contributed by atoms with E-state index in [2.05, 4.69) is 6.92 Å². The second kappa shape index (κ2) is 4.47. The summed E-state index contributed by atoms with van der Waals surface area (Å²) >= 11 is 0. The molecule has 1 aromatic carbocycles. The number of phenols is 1. The summed E-state index contributed by atoms with van der Waals surface area (Å²) in [5.74, 6) is 1.48. The molecule has 5 unspecified atom stereocenters. The average molecular weight is 288 g/mol. The summed E-state index contributed by atoms with van der Waals surface area (Å²) in [4.78, 5) is 0. The number of hydrogen-bond donors (Lipinski definition) is 3. The predicted octanol–water partition coefficient (Wildman–Crippen LogP) is 2.58. The van der Waals surface area contributed by atoms with Crippen LogP contribution in [0.25, 0.3) is 0 Å². The van der Waals surface area contributed by atoms with Gasteiger partial charge in [0.2, 0.25) is 0 Å². The molecule has 2 saturated carbocycles. The summed E-state index contributed by atoms with van der Waals surface area (Å²) in [5.41, 5.74) is 2.30. The van der Waals surface area contributed by atoms with Crippen molar-refractivity contribution in [2.24, 2.45) is 17.3 Å². The molecule has 0 aliphatic heterocycles. The van der Waals surface area contributed by atoms with Crippen LogP contribution in [0.4, 0.5) is 0 Å². The van der Waals surface area contributed by atoms with Gasteiger partial charge in [0.05, 0.1) is 12.2 Å². The van der Waals surface area contributed by atoms with Crippen LogP contribution in [0.1, 0.15) is 49.7 Å². The quantitative estimate of drug-likeness (QED) is 0.687. The molecule has 0 aromatic heterocycles. The van der Waals surface area contributed by atoms with Crippen molar-refractivity contribution in [3.05, 3.63) is 29.3 Å². The maximum absolute atomic E-state index is 10.8. The van der Waals surface area contributed by atoms with E-state index in [1.165, 1.54) is 11.1 Å². The van der Waals surface area contributed by atoms with Crippen LogP contribution >= 0.6 is 0 Å². The van der Waals surface area contributed by atoms with Crippen LogP contribution in [-0.2, 0) is 6.42 Å². The summed E-state index contributed by atoms with van der Waals surface area (Å²) in [7, 11) is 0. The van der Waals surface area contributed by atoms with E-state index in [1.807, 2.05) is 12.1 Å². The molecular weight excluding hydrogens is 264 g/mol. The highest BCUT2D eigenvalue weighted by Gasteiger charge is 2.57. The number of rotatable bonds is 0. The van der Waals surface area contributed by atoms with Gasteiger partial charge in [0.1, 0.15) is 5.75 Å². The molecule has 114 valence electrons. The summed E-state index contributed by atoms with van der Waals surface area (Å²) in [6, 6.07) is 5.60. The topological polar surface area (TPSA) is 60.7 Å². The van der Waals surface area contributed by atoms with Crippen LogP contribution < -0.4 is 0 Å². The van der Waals surface area contributed by atoms with Gasteiger partial charge in [-0.3, -0.25) is 0 Å². The number of aliphatic hydroxyl groups excluding tert-OH is 2. The van der Waals surface area contributed by atoms with Crippen LogP contribution in [0.15, 0.2) is 18.2 Å². The van der Waals surface area contributed by atoms with Crippen LogP contribution in [0, 0.1) is 17.3 Å². The van der Waals surface area contributed by atoms with Crippen LogP contribution in [0.3, 0.4) is 0 Å². The number of phenolic OH excluding ortho intramolecular Hbond substituents is 1. The molecule has 6 atom stereocenters. The Morgan fingerprint density at radius 2 is 1.95 bits per heavy atom. The van der Waals surface area contributed by atoms with Gasteiger partial charge in [-0.2, -0.15) is 0 Å². The molecule has 1 aromatic rings. The molecular formula is C18H24O3. The maximum Gasteiger partial charge on any atom is 0.115 e. The number of hydrogen-bond acceptors (Lipinski definition) is 3. The summed E-state index contributed by atoms with van der Waals surface area (Å²) in [6.45, 7) is 2.17. The third-order valence-electron chi connectivity index (χ3n) is 6.63.